The minimum atomic E-state index is -0.356. The minimum absolute atomic E-state index is 0.284. The number of halogens is 1. The van der Waals surface area contributed by atoms with Gasteiger partial charge in [-0.2, -0.15) is 0 Å². The molecule has 0 saturated carbocycles. The average Bonchev–Trinajstić information content (AvgIpc) is 2.82. The van der Waals surface area contributed by atoms with Gasteiger partial charge >= 0.3 is 0 Å². The van der Waals surface area contributed by atoms with E-state index in [1.807, 2.05) is 31.2 Å². The van der Waals surface area contributed by atoms with Crippen molar-refractivity contribution in [2.24, 2.45) is 5.73 Å². The van der Waals surface area contributed by atoms with Gasteiger partial charge in [0.2, 0.25) is 0 Å². The summed E-state index contributed by atoms with van der Waals surface area (Å²) in [4.78, 5) is 0. The Morgan fingerprint density at radius 2 is 1.95 bits per heavy atom. The van der Waals surface area contributed by atoms with Gasteiger partial charge in [-0.3, -0.25) is 0 Å². The summed E-state index contributed by atoms with van der Waals surface area (Å²) < 4.78 is 15.7. The Labute approximate surface area is 109 Å². The fourth-order valence-electron chi connectivity index (χ4n) is 2.16. The van der Waals surface area contributed by atoms with E-state index < -0.39 is 0 Å². The predicted octanol–water partition coefficient (Wildman–Crippen LogP) is 2.58. The van der Waals surface area contributed by atoms with Gasteiger partial charge in [-0.25, -0.2) is 9.07 Å². The van der Waals surface area contributed by atoms with E-state index in [1.165, 1.54) is 10.7 Å². The molecule has 0 fully saturated rings. The first-order chi connectivity index (χ1) is 9.18. The van der Waals surface area contributed by atoms with Gasteiger partial charge in [0, 0.05) is 6.04 Å². The molecule has 1 aromatic heterocycles. The fraction of sp³-hybridized carbons (Fsp3) is 0.143. The highest BCUT2D eigenvalue weighted by Crippen LogP contribution is 2.25. The van der Waals surface area contributed by atoms with Gasteiger partial charge in [-0.05, 0) is 30.7 Å². The molecule has 0 amide bonds. The Morgan fingerprint density at radius 3 is 2.74 bits per heavy atom. The monoisotopic (exact) mass is 256 g/mol. The molecule has 1 heterocycles. The Hall–Kier alpha value is -2.27. The molecule has 3 rings (SSSR count). The molecular formula is C14H13FN4. The molecule has 0 aliphatic rings. The first-order valence-corrected chi connectivity index (χ1v) is 6.03. The number of benzene rings is 2. The van der Waals surface area contributed by atoms with Gasteiger partial charge in [-0.15, -0.1) is 5.10 Å². The molecule has 0 radical (unpaired) electrons. The second kappa shape index (κ2) is 4.44. The molecule has 96 valence electrons. The maximum Gasteiger partial charge on any atom is 0.149 e. The second-order valence-electron chi connectivity index (χ2n) is 4.46. The molecule has 0 bridgehead atoms. The predicted molar refractivity (Wildman–Crippen MR) is 71.4 cm³/mol. The number of para-hydroxylation sites is 2. The van der Waals surface area contributed by atoms with Crippen molar-refractivity contribution in [1.82, 2.24) is 15.0 Å². The van der Waals surface area contributed by atoms with Gasteiger partial charge in [0.25, 0.3) is 0 Å². The van der Waals surface area contributed by atoms with Crippen molar-refractivity contribution in [2.45, 2.75) is 13.0 Å². The lowest BCUT2D eigenvalue weighted by molar-refractivity contribution is 0.601. The van der Waals surface area contributed by atoms with Crippen LogP contribution in [0.4, 0.5) is 4.39 Å². The Kier molecular flexibility index (Phi) is 2.76. The van der Waals surface area contributed by atoms with Crippen molar-refractivity contribution < 1.29 is 4.39 Å². The van der Waals surface area contributed by atoms with Crippen LogP contribution in [0.25, 0.3) is 16.7 Å². The molecule has 0 aliphatic carbocycles. The van der Waals surface area contributed by atoms with E-state index in [9.17, 15) is 4.39 Å². The van der Waals surface area contributed by atoms with Crippen LogP contribution in [-0.4, -0.2) is 15.0 Å². The van der Waals surface area contributed by atoms with E-state index in [-0.39, 0.29) is 11.9 Å². The molecular weight excluding hydrogens is 243 g/mol. The lowest BCUT2D eigenvalue weighted by Crippen LogP contribution is -2.12. The van der Waals surface area contributed by atoms with Crippen LogP contribution < -0.4 is 5.73 Å². The molecule has 0 spiro atoms. The quantitative estimate of drug-likeness (QED) is 0.766. The van der Waals surface area contributed by atoms with Gasteiger partial charge in [0.15, 0.2) is 0 Å². The van der Waals surface area contributed by atoms with Gasteiger partial charge in [-0.1, -0.05) is 29.5 Å². The highest BCUT2D eigenvalue weighted by molar-refractivity contribution is 5.76. The third-order valence-corrected chi connectivity index (χ3v) is 3.07. The highest BCUT2D eigenvalue weighted by Gasteiger charge is 2.16. The van der Waals surface area contributed by atoms with Crippen LogP contribution in [0, 0.1) is 5.82 Å². The fourth-order valence-corrected chi connectivity index (χ4v) is 2.16. The lowest BCUT2D eigenvalue weighted by atomic mass is 10.1. The zero-order chi connectivity index (χ0) is 13.4. The van der Waals surface area contributed by atoms with Crippen LogP contribution in [0.1, 0.15) is 18.5 Å². The van der Waals surface area contributed by atoms with Gasteiger partial charge in [0.05, 0.1) is 5.52 Å². The number of hydrogen-bond acceptors (Lipinski definition) is 3. The molecule has 0 saturated heterocycles. The summed E-state index contributed by atoms with van der Waals surface area (Å²) in [6.45, 7) is 1.82. The first kappa shape index (κ1) is 11.8. The summed E-state index contributed by atoms with van der Waals surface area (Å²) in [6.07, 6.45) is 0. The standard InChI is InChI=1S/C14H13FN4/c1-9(16)10-5-4-6-11(15)14(10)19-13-8-3-2-7-12(13)17-18-19/h2-9H,16H2,1H3/t9-/m0/s1. The number of fused-ring (bicyclic) bond motifs is 1. The number of hydrogen-bond donors (Lipinski definition) is 1. The van der Waals surface area contributed by atoms with Crippen LogP contribution in [0.3, 0.4) is 0 Å². The summed E-state index contributed by atoms with van der Waals surface area (Å²) >= 11 is 0. The molecule has 2 aromatic carbocycles. The zero-order valence-corrected chi connectivity index (χ0v) is 10.4. The lowest BCUT2D eigenvalue weighted by Gasteiger charge is -2.13. The van der Waals surface area contributed by atoms with Crippen molar-refractivity contribution in [3.63, 3.8) is 0 Å². The summed E-state index contributed by atoms with van der Waals surface area (Å²) in [5.41, 5.74) is 8.46. The number of aromatic nitrogens is 3. The van der Waals surface area contributed by atoms with Crippen LogP contribution in [-0.2, 0) is 0 Å². The SMILES string of the molecule is C[C@H](N)c1cccc(F)c1-n1nnc2ccccc21. The van der Waals surface area contributed by atoms with E-state index in [1.54, 1.807) is 12.1 Å². The van der Waals surface area contributed by atoms with Crippen molar-refractivity contribution in [1.29, 1.82) is 0 Å². The molecule has 4 nitrogen and oxygen atoms in total. The minimum Gasteiger partial charge on any atom is -0.324 e. The first-order valence-electron chi connectivity index (χ1n) is 6.03. The smallest absolute Gasteiger partial charge is 0.149 e. The van der Waals surface area contributed by atoms with E-state index in [0.29, 0.717) is 11.3 Å². The maximum atomic E-state index is 14.2. The summed E-state index contributed by atoms with van der Waals surface area (Å²) in [7, 11) is 0. The van der Waals surface area contributed by atoms with Gasteiger partial charge < -0.3 is 5.73 Å². The van der Waals surface area contributed by atoms with Crippen LogP contribution in [0.2, 0.25) is 0 Å². The molecule has 2 N–H and O–H groups in total. The average molecular weight is 256 g/mol. The van der Waals surface area contributed by atoms with E-state index in [4.69, 9.17) is 5.73 Å². The van der Waals surface area contributed by atoms with E-state index >= 15 is 0 Å². The van der Waals surface area contributed by atoms with Crippen LogP contribution in [0.5, 0.6) is 0 Å². The Bertz CT molecular complexity index is 733. The van der Waals surface area contributed by atoms with Crippen molar-refractivity contribution >= 4 is 11.0 Å². The molecule has 3 aromatic rings. The van der Waals surface area contributed by atoms with Crippen molar-refractivity contribution in [3.8, 4) is 5.69 Å². The summed E-state index contributed by atoms with van der Waals surface area (Å²) in [6, 6.07) is 12.0. The zero-order valence-electron chi connectivity index (χ0n) is 10.4. The van der Waals surface area contributed by atoms with E-state index in [2.05, 4.69) is 10.3 Å². The summed E-state index contributed by atoms with van der Waals surface area (Å²) in [5, 5.41) is 8.08. The third kappa shape index (κ3) is 1.88. The largest absolute Gasteiger partial charge is 0.324 e. The van der Waals surface area contributed by atoms with Gasteiger partial charge in [0.1, 0.15) is 17.0 Å². The Morgan fingerprint density at radius 1 is 1.16 bits per heavy atom. The van der Waals surface area contributed by atoms with E-state index in [0.717, 1.165) is 11.0 Å². The molecule has 0 aliphatic heterocycles. The topological polar surface area (TPSA) is 56.7 Å². The van der Waals surface area contributed by atoms with Crippen molar-refractivity contribution in [3.05, 3.63) is 53.8 Å². The highest BCUT2D eigenvalue weighted by atomic mass is 19.1. The van der Waals surface area contributed by atoms with Crippen molar-refractivity contribution in [2.75, 3.05) is 0 Å². The normalized spacial score (nSPS) is 12.8. The second-order valence-corrected chi connectivity index (χ2v) is 4.46. The molecule has 5 heteroatoms. The van der Waals surface area contributed by atoms with Crippen LogP contribution >= 0.6 is 0 Å². The van der Waals surface area contributed by atoms with Crippen LogP contribution in [0.15, 0.2) is 42.5 Å². The molecule has 0 unspecified atom stereocenters. The maximum absolute atomic E-state index is 14.2. The number of nitrogens with two attached hydrogens (primary N) is 1. The summed E-state index contributed by atoms with van der Waals surface area (Å²) in [5.74, 6) is -0.356. The Balaban J connectivity index is 2.33. The number of rotatable bonds is 2. The number of nitrogens with zero attached hydrogens (tertiary/aromatic N) is 3. The third-order valence-electron chi connectivity index (χ3n) is 3.07. The molecule has 1 atom stereocenters. The molecule has 19 heavy (non-hydrogen) atoms.